The van der Waals surface area contributed by atoms with E-state index >= 15 is 0 Å². The van der Waals surface area contributed by atoms with Crippen molar-refractivity contribution in [2.75, 3.05) is 13.1 Å². The number of aryl methyl sites for hydroxylation is 1. The smallest absolute Gasteiger partial charge is 0.254 e. The van der Waals surface area contributed by atoms with E-state index in [0.717, 1.165) is 18.4 Å². The predicted octanol–water partition coefficient (Wildman–Crippen LogP) is 1.90. The number of amides is 1. The molecule has 1 amide bonds. The van der Waals surface area contributed by atoms with Crippen molar-refractivity contribution in [3.63, 3.8) is 0 Å². The summed E-state index contributed by atoms with van der Waals surface area (Å²) in [5.74, 6) is -0.120. The number of benzene rings is 1. The topological polar surface area (TPSA) is 80.5 Å². The van der Waals surface area contributed by atoms with Crippen LogP contribution in [0.25, 0.3) is 0 Å². The average molecular weight is 310 g/mol. The first-order valence-corrected chi connectivity index (χ1v) is 8.57. The number of carbonyl (C=O) groups is 1. The van der Waals surface area contributed by atoms with Crippen LogP contribution < -0.4 is 5.14 Å². The van der Waals surface area contributed by atoms with Crippen molar-refractivity contribution in [2.45, 2.75) is 38.5 Å². The molecule has 2 N–H and O–H groups in total. The molecule has 0 saturated carbocycles. The molecule has 1 saturated heterocycles. The first-order valence-electron chi connectivity index (χ1n) is 7.03. The molecule has 0 spiro atoms. The molecule has 1 heterocycles. The summed E-state index contributed by atoms with van der Waals surface area (Å²) in [7, 11) is -3.80. The second-order valence-electron chi connectivity index (χ2n) is 6.52. The molecule has 0 atom stereocenters. The van der Waals surface area contributed by atoms with Gasteiger partial charge in [-0.15, -0.1) is 0 Å². The number of hydrogen-bond acceptors (Lipinski definition) is 3. The fourth-order valence-electron chi connectivity index (χ4n) is 2.78. The molecular weight excluding hydrogens is 288 g/mol. The van der Waals surface area contributed by atoms with E-state index in [1.165, 1.54) is 12.1 Å². The Balaban J connectivity index is 2.35. The first-order chi connectivity index (χ1) is 9.60. The van der Waals surface area contributed by atoms with Gasteiger partial charge in [0, 0.05) is 18.7 Å². The van der Waals surface area contributed by atoms with Gasteiger partial charge < -0.3 is 4.90 Å². The highest BCUT2D eigenvalue weighted by Gasteiger charge is 2.30. The number of primary sulfonamides is 1. The lowest BCUT2D eigenvalue weighted by Crippen LogP contribution is -2.43. The lowest BCUT2D eigenvalue weighted by molar-refractivity contribution is 0.0582. The first kappa shape index (κ1) is 16.0. The van der Waals surface area contributed by atoms with Crippen LogP contribution in [0, 0.1) is 12.3 Å². The largest absolute Gasteiger partial charge is 0.338 e. The maximum absolute atomic E-state index is 12.7. The van der Waals surface area contributed by atoms with Gasteiger partial charge in [-0.25, -0.2) is 13.6 Å². The summed E-state index contributed by atoms with van der Waals surface area (Å²) in [6, 6.07) is 4.44. The van der Waals surface area contributed by atoms with E-state index in [2.05, 4.69) is 13.8 Å². The van der Waals surface area contributed by atoms with Crippen LogP contribution in [0.3, 0.4) is 0 Å². The maximum atomic E-state index is 12.7. The standard InChI is InChI=1S/C15H22N2O3S/c1-11-5-6-12(21(16,19)20)9-13(11)14(18)17-8-4-7-15(2,3)10-17/h5-6,9H,4,7-8,10H2,1-3H3,(H2,16,19,20). The minimum Gasteiger partial charge on any atom is -0.338 e. The average Bonchev–Trinajstić information content (AvgIpc) is 2.36. The van der Waals surface area contributed by atoms with Gasteiger partial charge in [-0.05, 0) is 42.9 Å². The summed E-state index contributed by atoms with van der Waals surface area (Å²) in [5.41, 5.74) is 1.27. The number of likely N-dealkylation sites (tertiary alicyclic amines) is 1. The summed E-state index contributed by atoms with van der Waals surface area (Å²) < 4.78 is 22.9. The Bertz CT molecular complexity index is 665. The second-order valence-corrected chi connectivity index (χ2v) is 8.08. The number of sulfonamides is 1. The van der Waals surface area contributed by atoms with Crippen LogP contribution in [-0.4, -0.2) is 32.3 Å². The lowest BCUT2D eigenvalue weighted by atomic mass is 9.84. The van der Waals surface area contributed by atoms with Gasteiger partial charge in [-0.3, -0.25) is 4.79 Å². The molecule has 0 aromatic heterocycles. The summed E-state index contributed by atoms with van der Waals surface area (Å²) in [4.78, 5) is 14.5. The van der Waals surface area contributed by atoms with Crippen LogP contribution in [0.2, 0.25) is 0 Å². The normalized spacial score (nSPS) is 18.6. The molecule has 1 aliphatic rings. The van der Waals surface area contributed by atoms with E-state index in [1.54, 1.807) is 17.9 Å². The summed E-state index contributed by atoms with van der Waals surface area (Å²) in [6.07, 6.45) is 2.06. The molecule has 0 aliphatic carbocycles. The van der Waals surface area contributed by atoms with E-state index in [4.69, 9.17) is 5.14 Å². The number of rotatable bonds is 2. The number of piperidine rings is 1. The zero-order valence-electron chi connectivity index (χ0n) is 12.7. The van der Waals surface area contributed by atoms with Gasteiger partial charge in [0.1, 0.15) is 0 Å². The quantitative estimate of drug-likeness (QED) is 0.906. The van der Waals surface area contributed by atoms with E-state index in [9.17, 15) is 13.2 Å². The van der Waals surface area contributed by atoms with Crippen molar-refractivity contribution in [1.29, 1.82) is 0 Å². The lowest BCUT2D eigenvalue weighted by Gasteiger charge is -2.38. The zero-order chi connectivity index (χ0) is 15.8. The molecule has 21 heavy (non-hydrogen) atoms. The Morgan fingerprint density at radius 1 is 1.33 bits per heavy atom. The van der Waals surface area contributed by atoms with Gasteiger partial charge >= 0.3 is 0 Å². The molecule has 5 nitrogen and oxygen atoms in total. The van der Waals surface area contributed by atoms with Gasteiger partial charge in [0.2, 0.25) is 10.0 Å². The number of nitrogens with zero attached hydrogens (tertiary/aromatic N) is 1. The van der Waals surface area contributed by atoms with E-state index in [0.29, 0.717) is 18.7 Å². The van der Waals surface area contributed by atoms with Gasteiger partial charge in [0.25, 0.3) is 5.91 Å². The Labute approximate surface area is 126 Å². The maximum Gasteiger partial charge on any atom is 0.254 e. The molecule has 1 aliphatic heterocycles. The highest BCUT2D eigenvalue weighted by atomic mass is 32.2. The summed E-state index contributed by atoms with van der Waals surface area (Å²) in [5, 5.41) is 5.14. The van der Waals surface area contributed by atoms with Gasteiger partial charge in [-0.2, -0.15) is 0 Å². The van der Waals surface area contributed by atoms with Crippen molar-refractivity contribution < 1.29 is 13.2 Å². The predicted molar refractivity (Wildman–Crippen MR) is 81.5 cm³/mol. The SMILES string of the molecule is Cc1ccc(S(N)(=O)=O)cc1C(=O)N1CCCC(C)(C)C1. The van der Waals surface area contributed by atoms with Crippen molar-refractivity contribution in [1.82, 2.24) is 4.90 Å². The van der Waals surface area contributed by atoms with E-state index < -0.39 is 10.0 Å². The van der Waals surface area contributed by atoms with Crippen LogP contribution in [0.1, 0.15) is 42.6 Å². The molecule has 0 bridgehead atoms. The molecule has 116 valence electrons. The zero-order valence-corrected chi connectivity index (χ0v) is 13.5. The van der Waals surface area contributed by atoms with Crippen LogP contribution in [0.4, 0.5) is 0 Å². The summed E-state index contributed by atoms with van der Waals surface area (Å²) in [6.45, 7) is 7.47. The van der Waals surface area contributed by atoms with Crippen LogP contribution in [0.5, 0.6) is 0 Å². The third kappa shape index (κ3) is 3.63. The third-order valence-corrected chi connectivity index (χ3v) is 4.87. The van der Waals surface area contributed by atoms with Crippen LogP contribution in [-0.2, 0) is 10.0 Å². The molecular formula is C15H22N2O3S. The highest BCUT2D eigenvalue weighted by molar-refractivity contribution is 7.89. The third-order valence-electron chi connectivity index (χ3n) is 3.96. The Hall–Kier alpha value is -1.40. The van der Waals surface area contributed by atoms with E-state index in [-0.39, 0.29) is 16.2 Å². The van der Waals surface area contributed by atoms with Crippen LogP contribution >= 0.6 is 0 Å². The van der Waals surface area contributed by atoms with Crippen molar-refractivity contribution in [2.24, 2.45) is 10.6 Å². The van der Waals surface area contributed by atoms with Crippen molar-refractivity contribution in [3.05, 3.63) is 29.3 Å². The molecule has 0 unspecified atom stereocenters. The molecule has 1 aromatic carbocycles. The van der Waals surface area contributed by atoms with Crippen molar-refractivity contribution in [3.8, 4) is 0 Å². The molecule has 1 aromatic rings. The van der Waals surface area contributed by atoms with E-state index in [1.807, 2.05) is 0 Å². The molecule has 6 heteroatoms. The Morgan fingerprint density at radius 3 is 2.57 bits per heavy atom. The molecule has 0 radical (unpaired) electrons. The minimum absolute atomic E-state index is 0.0206. The monoisotopic (exact) mass is 310 g/mol. The number of carbonyl (C=O) groups excluding carboxylic acids is 1. The highest BCUT2D eigenvalue weighted by Crippen LogP contribution is 2.29. The Kier molecular flexibility index (Phi) is 4.13. The van der Waals surface area contributed by atoms with Crippen LogP contribution in [0.15, 0.2) is 23.1 Å². The number of hydrogen-bond donors (Lipinski definition) is 1. The second kappa shape index (κ2) is 5.42. The van der Waals surface area contributed by atoms with Crippen molar-refractivity contribution >= 4 is 15.9 Å². The summed E-state index contributed by atoms with van der Waals surface area (Å²) >= 11 is 0. The molecule has 1 fully saturated rings. The molecule has 2 rings (SSSR count). The fourth-order valence-corrected chi connectivity index (χ4v) is 3.32. The van der Waals surface area contributed by atoms with Gasteiger partial charge in [0.05, 0.1) is 4.90 Å². The van der Waals surface area contributed by atoms with Gasteiger partial charge in [-0.1, -0.05) is 19.9 Å². The number of nitrogens with two attached hydrogens (primary N) is 1. The minimum atomic E-state index is -3.80. The Morgan fingerprint density at radius 2 is 2.00 bits per heavy atom. The van der Waals surface area contributed by atoms with Gasteiger partial charge in [0.15, 0.2) is 0 Å². The fraction of sp³-hybridized carbons (Fsp3) is 0.533.